The third-order valence-corrected chi connectivity index (χ3v) is 2.42. The fourth-order valence-corrected chi connectivity index (χ4v) is 1.39. The van der Waals surface area contributed by atoms with E-state index >= 15 is 0 Å². The van der Waals surface area contributed by atoms with Crippen LogP contribution in [0.1, 0.15) is 10.4 Å². The van der Waals surface area contributed by atoms with Crippen LogP contribution in [0.25, 0.3) is 0 Å². The highest BCUT2D eigenvalue weighted by Crippen LogP contribution is 2.47. The van der Waals surface area contributed by atoms with Crippen molar-refractivity contribution in [1.29, 1.82) is 0 Å². The van der Waals surface area contributed by atoms with Crippen molar-refractivity contribution in [2.45, 2.75) is 0 Å². The molecule has 0 radical (unpaired) electrons. The fraction of sp³-hybridized carbons (Fsp3) is 0. The van der Waals surface area contributed by atoms with E-state index in [4.69, 9.17) is 26.3 Å². The molecule has 0 aliphatic carbocycles. The number of hydrogen-bond donors (Lipinski definition) is 3. The molecule has 1 aromatic rings. The van der Waals surface area contributed by atoms with Crippen LogP contribution >= 0.6 is 19.5 Å². The Morgan fingerprint density at radius 2 is 1.62 bits per heavy atom. The summed E-state index contributed by atoms with van der Waals surface area (Å²) in [5, 5.41) is 0.425. The molecular weight excluding hydrogens is 214 g/mol. The lowest BCUT2D eigenvalue weighted by atomic mass is 10.2. The highest BCUT2D eigenvalue weighted by atomic mass is 35.5. The third kappa shape index (κ3) is 2.72. The molecule has 0 spiro atoms. The van der Waals surface area contributed by atoms with Gasteiger partial charge >= 0.3 is 13.5 Å². The number of benzene rings is 1. The van der Waals surface area contributed by atoms with Crippen LogP contribution in [-0.4, -0.2) is 20.2 Å². The minimum absolute atomic E-state index is 0.0187. The summed E-state index contributed by atoms with van der Waals surface area (Å²) in [6, 6.07) is 5.46. The van der Waals surface area contributed by atoms with E-state index in [1.165, 1.54) is 24.3 Å². The van der Waals surface area contributed by atoms with Gasteiger partial charge in [0, 0.05) is 5.02 Å². The Kier molecular flexibility index (Phi) is 3.01. The van der Waals surface area contributed by atoms with E-state index < -0.39 is 13.5 Å². The normalized spacial score (nSPS) is 11.4. The minimum Gasteiger partial charge on any atom is -0.238 e. The predicted molar refractivity (Wildman–Crippen MR) is 49.4 cm³/mol. The first-order chi connectivity index (χ1) is 5.91. The monoisotopic (exact) mass is 221 g/mol. The van der Waals surface area contributed by atoms with Gasteiger partial charge in [0.1, 0.15) is 0 Å². The number of carbonyl (C=O) groups excluding carboxylic acids is 1. The average Bonchev–Trinajstić information content (AvgIpc) is 2.03. The van der Waals surface area contributed by atoms with E-state index in [0.29, 0.717) is 5.02 Å². The largest absolute Gasteiger partial charge is 0.483 e. The molecule has 3 N–H and O–H groups in total. The van der Waals surface area contributed by atoms with E-state index in [1.54, 1.807) is 0 Å². The quantitative estimate of drug-likeness (QED) is 0.656. The predicted octanol–water partition coefficient (Wildman–Crippen LogP) is 1.22. The molecular formula is C7H7ClO4P+. The molecule has 1 aromatic carbocycles. The Balaban J connectivity index is 2.97. The first-order valence-corrected chi connectivity index (χ1v) is 5.31. The molecule has 0 amide bonds. The molecule has 0 aliphatic heterocycles. The average molecular weight is 222 g/mol. The molecule has 1 rings (SSSR count). The van der Waals surface area contributed by atoms with Gasteiger partial charge in [-0.25, -0.2) is 4.79 Å². The molecule has 0 atom stereocenters. The zero-order valence-electron chi connectivity index (χ0n) is 6.38. The van der Waals surface area contributed by atoms with Gasteiger partial charge in [0.05, 0.1) is 5.56 Å². The molecule has 0 saturated heterocycles. The van der Waals surface area contributed by atoms with E-state index in [-0.39, 0.29) is 5.56 Å². The van der Waals surface area contributed by atoms with E-state index in [2.05, 4.69) is 0 Å². The SMILES string of the molecule is O=C(c1ccc(Cl)cc1)[P+](O)(O)O. The Morgan fingerprint density at radius 3 is 2.00 bits per heavy atom. The second-order valence-electron chi connectivity index (χ2n) is 2.38. The van der Waals surface area contributed by atoms with Crippen molar-refractivity contribution in [1.82, 2.24) is 0 Å². The maximum Gasteiger partial charge on any atom is 0.483 e. The van der Waals surface area contributed by atoms with Crippen molar-refractivity contribution in [2.75, 3.05) is 0 Å². The van der Waals surface area contributed by atoms with Gasteiger partial charge in [-0.15, -0.1) is 0 Å². The van der Waals surface area contributed by atoms with Gasteiger partial charge in [-0.05, 0) is 24.3 Å². The van der Waals surface area contributed by atoms with E-state index in [9.17, 15) is 4.79 Å². The van der Waals surface area contributed by atoms with Crippen LogP contribution in [-0.2, 0) is 0 Å². The molecule has 0 fully saturated rings. The molecule has 0 heterocycles. The van der Waals surface area contributed by atoms with Gasteiger partial charge in [-0.1, -0.05) is 11.6 Å². The maximum absolute atomic E-state index is 11.0. The molecule has 0 unspecified atom stereocenters. The number of halogens is 1. The van der Waals surface area contributed by atoms with Crippen molar-refractivity contribution in [3.8, 4) is 0 Å². The summed E-state index contributed by atoms with van der Waals surface area (Å²) in [6.45, 7) is 0. The van der Waals surface area contributed by atoms with Crippen LogP contribution in [0.15, 0.2) is 24.3 Å². The van der Waals surface area contributed by atoms with Crippen LogP contribution in [0.5, 0.6) is 0 Å². The van der Waals surface area contributed by atoms with Gasteiger partial charge in [0.25, 0.3) is 0 Å². The maximum atomic E-state index is 11.0. The van der Waals surface area contributed by atoms with Gasteiger partial charge in [0.2, 0.25) is 0 Å². The van der Waals surface area contributed by atoms with Crippen molar-refractivity contribution < 1.29 is 19.5 Å². The van der Waals surface area contributed by atoms with Crippen LogP contribution in [0.4, 0.5) is 0 Å². The van der Waals surface area contributed by atoms with Crippen molar-refractivity contribution >= 4 is 25.1 Å². The van der Waals surface area contributed by atoms with Crippen LogP contribution in [0, 0.1) is 0 Å². The molecule has 70 valence electrons. The van der Waals surface area contributed by atoms with Gasteiger partial charge < -0.3 is 0 Å². The zero-order valence-corrected chi connectivity index (χ0v) is 8.03. The lowest BCUT2D eigenvalue weighted by molar-refractivity contribution is 0.102. The summed E-state index contributed by atoms with van der Waals surface area (Å²) in [7, 11) is -4.43. The van der Waals surface area contributed by atoms with Gasteiger partial charge in [-0.2, -0.15) is 14.7 Å². The lowest BCUT2D eigenvalue weighted by Gasteiger charge is -2.00. The lowest BCUT2D eigenvalue weighted by Crippen LogP contribution is -2.04. The Hall–Kier alpha value is -0.510. The first-order valence-electron chi connectivity index (χ1n) is 3.29. The highest BCUT2D eigenvalue weighted by molar-refractivity contribution is 7.76. The Morgan fingerprint density at radius 1 is 1.15 bits per heavy atom. The topological polar surface area (TPSA) is 77.8 Å². The molecule has 0 aliphatic rings. The zero-order chi connectivity index (χ0) is 10.1. The summed E-state index contributed by atoms with van der Waals surface area (Å²) in [5.74, 6) is 0. The molecule has 0 bridgehead atoms. The summed E-state index contributed by atoms with van der Waals surface area (Å²) >= 11 is 5.54. The standard InChI is InChI=1S/C7H7ClO4P/c8-6-3-1-5(2-4-6)7(9)13(10,11)12/h1-4,10-12H/q+1. The van der Waals surface area contributed by atoms with Crippen LogP contribution in [0.3, 0.4) is 0 Å². The summed E-state index contributed by atoms with van der Waals surface area (Å²) in [5.41, 5.74) is -1.06. The van der Waals surface area contributed by atoms with Gasteiger partial charge in [-0.3, -0.25) is 0 Å². The highest BCUT2D eigenvalue weighted by Gasteiger charge is 2.43. The van der Waals surface area contributed by atoms with E-state index in [0.717, 1.165) is 0 Å². The van der Waals surface area contributed by atoms with Crippen LogP contribution < -0.4 is 0 Å². The summed E-state index contributed by atoms with van der Waals surface area (Å²) < 4.78 is 0. The Labute approximate surface area is 80.0 Å². The number of rotatable bonds is 2. The van der Waals surface area contributed by atoms with Crippen LogP contribution in [0.2, 0.25) is 5.02 Å². The second-order valence-corrected chi connectivity index (χ2v) is 4.36. The molecule has 4 nitrogen and oxygen atoms in total. The minimum atomic E-state index is -4.43. The molecule has 13 heavy (non-hydrogen) atoms. The number of carbonyl (C=O) groups is 1. The Bertz CT molecular complexity index is 316. The first kappa shape index (κ1) is 10.6. The third-order valence-electron chi connectivity index (χ3n) is 1.36. The smallest absolute Gasteiger partial charge is 0.238 e. The molecule has 0 aromatic heterocycles. The van der Waals surface area contributed by atoms with Crippen molar-refractivity contribution in [2.24, 2.45) is 0 Å². The molecule has 0 saturated carbocycles. The number of hydrogen-bond acceptors (Lipinski definition) is 4. The van der Waals surface area contributed by atoms with Crippen molar-refractivity contribution in [3.63, 3.8) is 0 Å². The summed E-state index contributed by atoms with van der Waals surface area (Å²) in [4.78, 5) is 37.0. The van der Waals surface area contributed by atoms with Gasteiger partial charge in [0.15, 0.2) is 0 Å². The molecule has 6 heteroatoms. The summed E-state index contributed by atoms with van der Waals surface area (Å²) in [6.07, 6.45) is 0. The fourth-order valence-electron chi connectivity index (χ4n) is 0.766. The van der Waals surface area contributed by atoms with E-state index in [1.807, 2.05) is 0 Å². The second kappa shape index (κ2) is 3.70. The van der Waals surface area contributed by atoms with Crippen molar-refractivity contribution in [3.05, 3.63) is 34.9 Å².